The summed E-state index contributed by atoms with van der Waals surface area (Å²) in [6.07, 6.45) is 9.54. The number of rotatable bonds is 16. The van der Waals surface area contributed by atoms with Crippen LogP contribution in [0, 0.1) is 0 Å². The summed E-state index contributed by atoms with van der Waals surface area (Å²) in [6, 6.07) is 14.7. The van der Waals surface area contributed by atoms with Crippen LogP contribution in [0.25, 0.3) is 0 Å². The Balaban J connectivity index is 2.51. The van der Waals surface area contributed by atoms with Gasteiger partial charge in [0.2, 0.25) is 5.79 Å². The topological polar surface area (TPSA) is 58.9 Å². The van der Waals surface area contributed by atoms with E-state index in [2.05, 4.69) is 20.8 Å². The Morgan fingerprint density at radius 3 is 1.84 bits per heavy atom. The van der Waals surface area contributed by atoms with Gasteiger partial charge in [0.1, 0.15) is 11.5 Å². The molecule has 2 N–H and O–H groups in total. The largest absolute Gasteiger partial charge is 0.508 e. The molecule has 2 aromatic carbocycles. The van der Waals surface area contributed by atoms with Crippen LogP contribution in [0.2, 0.25) is 0 Å². The van der Waals surface area contributed by atoms with E-state index in [9.17, 15) is 10.2 Å². The first-order chi connectivity index (χ1) is 15.6. The molecule has 1 unspecified atom stereocenters. The van der Waals surface area contributed by atoms with E-state index in [1.807, 2.05) is 36.4 Å². The number of phenols is 2. The van der Waals surface area contributed by atoms with E-state index in [0.717, 1.165) is 37.7 Å². The molecule has 0 spiro atoms. The molecule has 0 aliphatic carbocycles. The van der Waals surface area contributed by atoms with E-state index in [-0.39, 0.29) is 17.4 Å². The maximum Gasteiger partial charge on any atom is 0.205 e. The van der Waals surface area contributed by atoms with E-state index in [4.69, 9.17) is 9.47 Å². The molecule has 0 heterocycles. The fourth-order valence-electron chi connectivity index (χ4n) is 4.32. The maximum atomic E-state index is 10.9. The molecule has 4 heteroatoms. The highest BCUT2D eigenvalue weighted by molar-refractivity contribution is 5.42. The van der Waals surface area contributed by atoms with Crippen LogP contribution in [0.1, 0.15) is 95.6 Å². The normalized spacial score (nSPS) is 12.7. The molecule has 4 nitrogen and oxygen atoms in total. The molecule has 0 radical (unpaired) electrons. The summed E-state index contributed by atoms with van der Waals surface area (Å²) < 4.78 is 13.0. The summed E-state index contributed by atoms with van der Waals surface area (Å²) in [5, 5.41) is 21.7. The van der Waals surface area contributed by atoms with Crippen LogP contribution in [0.5, 0.6) is 11.5 Å². The Morgan fingerprint density at radius 1 is 0.688 bits per heavy atom. The smallest absolute Gasteiger partial charge is 0.205 e. The Hall–Kier alpha value is -2.04. The molecule has 32 heavy (non-hydrogen) atoms. The fraction of sp³-hybridized carbons (Fsp3) is 0.571. The summed E-state index contributed by atoms with van der Waals surface area (Å²) in [7, 11) is 0. The first kappa shape index (κ1) is 26.2. The molecule has 2 rings (SSSR count). The minimum atomic E-state index is -1.17. The molecule has 0 saturated carbocycles. The zero-order valence-electron chi connectivity index (χ0n) is 20.2. The van der Waals surface area contributed by atoms with E-state index >= 15 is 0 Å². The second-order valence-corrected chi connectivity index (χ2v) is 8.55. The monoisotopic (exact) mass is 442 g/mol. The second-order valence-electron chi connectivity index (χ2n) is 8.55. The summed E-state index contributed by atoms with van der Waals surface area (Å²) in [5.41, 5.74) is 1.43. The van der Waals surface area contributed by atoms with Crippen molar-refractivity contribution in [2.45, 2.75) is 90.3 Å². The lowest BCUT2D eigenvalue weighted by molar-refractivity contribution is -0.263. The van der Waals surface area contributed by atoms with Gasteiger partial charge in [0.05, 0.1) is 18.8 Å². The highest BCUT2D eigenvalue weighted by Crippen LogP contribution is 2.49. The predicted octanol–water partition coefficient (Wildman–Crippen LogP) is 7.64. The molecule has 0 bridgehead atoms. The van der Waals surface area contributed by atoms with E-state index in [0.29, 0.717) is 18.8 Å². The van der Waals surface area contributed by atoms with Gasteiger partial charge in [0.15, 0.2) is 0 Å². The van der Waals surface area contributed by atoms with Crippen molar-refractivity contribution in [1.29, 1.82) is 0 Å². The zero-order valence-corrected chi connectivity index (χ0v) is 20.2. The molecule has 0 fully saturated rings. The van der Waals surface area contributed by atoms with E-state index in [1.54, 1.807) is 12.1 Å². The number of para-hydroxylation sites is 2. The van der Waals surface area contributed by atoms with Crippen molar-refractivity contribution < 1.29 is 19.7 Å². The summed E-state index contributed by atoms with van der Waals surface area (Å²) in [4.78, 5) is 0. The molecule has 0 amide bonds. The van der Waals surface area contributed by atoms with Gasteiger partial charge in [-0.3, -0.25) is 0 Å². The van der Waals surface area contributed by atoms with Crippen LogP contribution >= 0.6 is 0 Å². The van der Waals surface area contributed by atoms with Gasteiger partial charge >= 0.3 is 0 Å². The van der Waals surface area contributed by atoms with Crippen molar-refractivity contribution in [2.24, 2.45) is 0 Å². The maximum absolute atomic E-state index is 10.9. The highest BCUT2D eigenvalue weighted by Gasteiger charge is 2.46. The van der Waals surface area contributed by atoms with Gasteiger partial charge in [0, 0.05) is 11.5 Å². The van der Waals surface area contributed by atoms with Crippen LogP contribution in [0.4, 0.5) is 0 Å². The molecule has 1 atom stereocenters. The third kappa shape index (κ3) is 6.98. The molecular formula is C28H42O4. The quantitative estimate of drug-likeness (QED) is 0.207. The Kier molecular flexibility index (Phi) is 11.6. The SMILES string of the molecule is CCCCCCCCC(c1ccccc1O)C(OCCC)(OCCC)c1ccccc1O. The van der Waals surface area contributed by atoms with Gasteiger partial charge in [-0.05, 0) is 37.5 Å². The van der Waals surface area contributed by atoms with Gasteiger partial charge < -0.3 is 19.7 Å². The third-order valence-electron chi connectivity index (χ3n) is 5.94. The number of benzene rings is 2. The lowest BCUT2D eigenvalue weighted by Crippen LogP contribution is -2.40. The molecule has 0 saturated heterocycles. The van der Waals surface area contributed by atoms with Crippen molar-refractivity contribution in [3.05, 3.63) is 59.7 Å². The molecule has 178 valence electrons. The molecular weight excluding hydrogens is 400 g/mol. The van der Waals surface area contributed by atoms with Crippen LogP contribution in [0.3, 0.4) is 0 Å². The first-order valence-electron chi connectivity index (χ1n) is 12.4. The standard InChI is InChI=1S/C28H42O4/c1-4-7-8-9-10-11-17-24(23-16-12-14-19-26(23)29)28(31-21-5-2,32-22-6-3)25-18-13-15-20-27(25)30/h12-16,18-20,24,29-30H,4-11,17,21-22H2,1-3H3. The summed E-state index contributed by atoms with van der Waals surface area (Å²) >= 11 is 0. The van der Waals surface area contributed by atoms with E-state index in [1.165, 1.54) is 25.7 Å². The van der Waals surface area contributed by atoms with Gasteiger partial charge in [0.25, 0.3) is 0 Å². The molecule has 0 aliphatic rings. The summed E-state index contributed by atoms with van der Waals surface area (Å²) in [5.74, 6) is -1.02. The van der Waals surface area contributed by atoms with Crippen LogP contribution in [0.15, 0.2) is 48.5 Å². The van der Waals surface area contributed by atoms with Crippen molar-refractivity contribution in [3.63, 3.8) is 0 Å². The lowest BCUT2D eigenvalue weighted by atomic mass is 9.80. The van der Waals surface area contributed by atoms with Crippen LogP contribution in [-0.4, -0.2) is 23.4 Å². The predicted molar refractivity (Wildman–Crippen MR) is 131 cm³/mol. The molecule has 2 aromatic rings. The van der Waals surface area contributed by atoms with Crippen LogP contribution < -0.4 is 0 Å². The number of aromatic hydroxyl groups is 2. The van der Waals surface area contributed by atoms with Crippen LogP contribution in [-0.2, 0) is 15.3 Å². The number of unbranched alkanes of at least 4 members (excludes halogenated alkanes) is 5. The Labute approximate surface area is 194 Å². The van der Waals surface area contributed by atoms with Gasteiger partial charge in [-0.25, -0.2) is 0 Å². The number of hydrogen-bond donors (Lipinski definition) is 2. The average molecular weight is 443 g/mol. The van der Waals surface area contributed by atoms with Gasteiger partial charge in [-0.2, -0.15) is 0 Å². The van der Waals surface area contributed by atoms with Crippen molar-refractivity contribution in [1.82, 2.24) is 0 Å². The average Bonchev–Trinajstić information content (AvgIpc) is 2.81. The lowest BCUT2D eigenvalue weighted by Gasteiger charge is -2.41. The van der Waals surface area contributed by atoms with Crippen molar-refractivity contribution in [2.75, 3.05) is 13.2 Å². The van der Waals surface area contributed by atoms with Gasteiger partial charge in [-0.15, -0.1) is 0 Å². The fourth-order valence-corrected chi connectivity index (χ4v) is 4.32. The molecule has 0 aliphatic heterocycles. The Bertz CT molecular complexity index is 766. The van der Waals surface area contributed by atoms with Gasteiger partial charge in [-0.1, -0.05) is 89.6 Å². The first-order valence-corrected chi connectivity index (χ1v) is 12.4. The highest BCUT2D eigenvalue weighted by atomic mass is 16.7. The Morgan fingerprint density at radius 2 is 1.25 bits per heavy atom. The number of ether oxygens (including phenoxy) is 2. The number of hydrogen-bond acceptors (Lipinski definition) is 4. The number of phenolic OH excluding ortho intramolecular Hbond substituents is 2. The molecule has 0 aromatic heterocycles. The second kappa shape index (κ2) is 14.2. The summed E-state index contributed by atoms with van der Waals surface area (Å²) in [6.45, 7) is 7.36. The zero-order chi connectivity index (χ0) is 23.2. The third-order valence-corrected chi connectivity index (χ3v) is 5.94. The minimum Gasteiger partial charge on any atom is -0.508 e. The minimum absolute atomic E-state index is 0.156. The van der Waals surface area contributed by atoms with Crippen molar-refractivity contribution >= 4 is 0 Å². The van der Waals surface area contributed by atoms with E-state index < -0.39 is 5.79 Å². The van der Waals surface area contributed by atoms with Crippen molar-refractivity contribution in [3.8, 4) is 11.5 Å².